The van der Waals surface area contributed by atoms with Crippen molar-refractivity contribution in [2.45, 2.75) is 43.6 Å². The standard InChI is InChI=1S/C20H30FN3O2.HI/c1-19(8-3-11-26-19)14-23-18(22-2)24-15-20(9-12-25-13-10-20)16-4-6-17(21)7-5-16;/h4-7H,3,8-15H2,1-2H3,(H2,22,23,24);1H. The summed E-state index contributed by atoms with van der Waals surface area (Å²) in [5.41, 5.74) is 0.957. The third-order valence-electron chi connectivity index (χ3n) is 5.65. The minimum absolute atomic E-state index is 0. The summed E-state index contributed by atoms with van der Waals surface area (Å²) >= 11 is 0. The Bertz CT molecular complexity index is 612. The predicted molar refractivity (Wildman–Crippen MR) is 117 cm³/mol. The highest BCUT2D eigenvalue weighted by atomic mass is 127. The second-order valence-electron chi connectivity index (χ2n) is 7.58. The number of guanidine groups is 1. The normalized spacial score (nSPS) is 24.9. The molecule has 0 bridgehead atoms. The van der Waals surface area contributed by atoms with Crippen molar-refractivity contribution in [2.24, 2.45) is 4.99 Å². The molecule has 1 atom stereocenters. The van der Waals surface area contributed by atoms with Gasteiger partial charge in [-0.05, 0) is 50.3 Å². The molecule has 2 aliphatic heterocycles. The maximum Gasteiger partial charge on any atom is 0.191 e. The van der Waals surface area contributed by atoms with Crippen LogP contribution in [0.5, 0.6) is 0 Å². The molecule has 0 aliphatic carbocycles. The van der Waals surface area contributed by atoms with Crippen molar-refractivity contribution in [3.63, 3.8) is 0 Å². The summed E-state index contributed by atoms with van der Waals surface area (Å²) in [5, 5.41) is 6.86. The van der Waals surface area contributed by atoms with Crippen LogP contribution in [0.4, 0.5) is 4.39 Å². The van der Waals surface area contributed by atoms with Gasteiger partial charge in [-0.1, -0.05) is 12.1 Å². The smallest absolute Gasteiger partial charge is 0.191 e. The molecule has 2 N–H and O–H groups in total. The van der Waals surface area contributed by atoms with Gasteiger partial charge in [0, 0.05) is 45.4 Å². The maximum atomic E-state index is 13.4. The molecule has 1 unspecified atom stereocenters. The zero-order chi connectivity index (χ0) is 18.5. The molecule has 2 fully saturated rings. The van der Waals surface area contributed by atoms with Gasteiger partial charge in [-0.25, -0.2) is 4.39 Å². The van der Waals surface area contributed by atoms with E-state index >= 15 is 0 Å². The van der Waals surface area contributed by atoms with Gasteiger partial charge in [-0.15, -0.1) is 24.0 Å². The third-order valence-corrected chi connectivity index (χ3v) is 5.65. The van der Waals surface area contributed by atoms with E-state index in [-0.39, 0.29) is 40.8 Å². The highest BCUT2D eigenvalue weighted by Crippen LogP contribution is 2.34. The Kier molecular flexibility index (Phi) is 8.30. The average molecular weight is 491 g/mol. The summed E-state index contributed by atoms with van der Waals surface area (Å²) in [6, 6.07) is 6.87. The fourth-order valence-corrected chi connectivity index (χ4v) is 3.85. The Morgan fingerprint density at radius 1 is 1.07 bits per heavy atom. The van der Waals surface area contributed by atoms with Crippen molar-refractivity contribution < 1.29 is 13.9 Å². The van der Waals surface area contributed by atoms with Crippen molar-refractivity contribution in [3.8, 4) is 0 Å². The summed E-state index contributed by atoms with van der Waals surface area (Å²) in [6.07, 6.45) is 3.98. The van der Waals surface area contributed by atoms with E-state index in [0.29, 0.717) is 0 Å². The lowest BCUT2D eigenvalue weighted by molar-refractivity contribution is 0.0242. The second kappa shape index (κ2) is 10.0. The summed E-state index contributed by atoms with van der Waals surface area (Å²) < 4.78 is 24.8. The van der Waals surface area contributed by atoms with Crippen LogP contribution in [0.1, 0.15) is 38.2 Å². The van der Waals surface area contributed by atoms with E-state index in [2.05, 4.69) is 22.5 Å². The van der Waals surface area contributed by atoms with Gasteiger partial charge in [0.1, 0.15) is 5.82 Å². The molecule has 152 valence electrons. The SMILES string of the molecule is CN=C(NCC1(C)CCCO1)NCC1(c2ccc(F)cc2)CCOCC1.I. The first kappa shape index (κ1) is 22.4. The van der Waals surface area contributed by atoms with E-state index in [1.807, 2.05) is 12.1 Å². The monoisotopic (exact) mass is 491 g/mol. The van der Waals surface area contributed by atoms with Gasteiger partial charge in [0.15, 0.2) is 5.96 Å². The van der Waals surface area contributed by atoms with E-state index in [4.69, 9.17) is 9.47 Å². The Morgan fingerprint density at radius 2 is 1.74 bits per heavy atom. The molecule has 7 heteroatoms. The zero-order valence-corrected chi connectivity index (χ0v) is 18.6. The van der Waals surface area contributed by atoms with Crippen LogP contribution in [0.3, 0.4) is 0 Å². The van der Waals surface area contributed by atoms with E-state index < -0.39 is 0 Å². The topological polar surface area (TPSA) is 54.9 Å². The molecule has 1 aromatic rings. The van der Waals surface area contributed by atoms with Crippen molar-refractivity contribution in [1.29, 1.82) is 0 Å². The van der Waals surface area contributed by atoms with Crippen LogP contribution in [0.15, 0.2) is 29.3 Å². The van der Waals surface area contributed by atoms with E-state index in [1.165, 1.54) is 12.1 Å². The number of benzene rings is 1. The van der Waals surface area contributed by atoms with Crippen LogP contribution >= 0.6 is 24.0 Å². The lowest BCUT2D eigenvalue weighted by atomic mass is 9.74. The van der Waals surface area contributed by atoms with Crippen molar-refractivity contribution >= 4 is 29.9 Å². The Hall–Kier alpha value is -0.930. The minimum Gasteiger partial charge on any atom is -0.381 e. The van der Waals surface area contributed by atoms with Crippen LogP contribution in [0.2, 0.25) is 0 Å². The molecule has 0 amide bonds. The largest absolute Gasteiger partial charge is 0.381 e. The molecule has 0 aromatic heterocycles. The summed E-state index contributed by atoms with van der Waals surface area (Å²) in [5.74, 6) is 0.570. The average Bonchev–Trinajstić information content (AvgIpc) is 3.10. The Labute approximate surface area is 178 Å². The first-order valence-electron chi connectivity index (χ1n) is 9.48. The van der Waals surface area contributed by atoms with Crippen LogP contribution in [-0.2, 0) is 14.9 Å². The number of halogens is 2. The van der Waals surface area contributed by atoms with Gasteiger partial charge < -0.3 is 20.1 Å². The highest BCUT2D eigenvalue weighted by molar-refractivity contribution is 14.0. The highest BCUT2D eigenvalue weighted by Gasteiger charge is 2.35. The fraction of sp³-hybridized carbons (Fsp3) is 0.650. The van der Waals surface area contributed by atoms with Gasteiger partial charge in [-0.2, -0.15) is 0 Å². The number of aliphatic imine (C=N–C) groups is 1. The molecule has 0 saturated carbocycles. The molecular formula is C20H31FIN3O2. The lowest BCUT2D eigenvalue weighted by Gasteiger charge is -2.38. The van der Waals surface area contributed by atoms with Gasteiger partial charge in [0.05, 0.1) is 5.60 Å². The van der Waals surface area contributed by atoms with E-state index in [1.54, 1.807) is 7.05 Å². The maximum absolute atomic E-state index is 13.4. The van der Waals surface area contributed by atoms with Crippen LogP contribution < -0.4 is 10.6 Å². The summed E-state index contributed by atoms with van der Waals surface area (Å²) in [7, 11) is 1.78. The lowest BCUT2D eigenvalue weighted by Crippen LogP contribution is -2.50. The van der Waals surface area contributed by atoms with Crippen molar-refractivity contribution in [2.75, 3.05) is 40.0 Å². The predicted octanol–water partition coefficient (Wildman–Crippen LogP) is 3.23. The Balaban J connectivity index is 0.00000261. The van der Waals surface area contributed by atoms with E-state index in [9.17, 15) is 4.39 Å². The zero-order valence-electron chi connectivity index (χ0n) is 16.2. The number of nitrogens with one attached hydrogen (secondary N) is 2. The molecule has 3 rings (SSSR count). The van der Waals surface area contributed by atoms with Crippen LogP contribution in [0, 0.1) is 5.82 Å². The number of nitrogens with zero attached hydrogens (tertiary/aromatic N) is 1. The molecule has 0 radical (unpaired) electrons. The van der Waals surface area contributed by atoms with Crippen molar-refractivity contribution in [1.82, 2.24) is 10.6 Å². The molecular weight excluding hydrogens is 460 g/mol. The first-order chi connectivity index (χ1) is 12.6. The van der Waals surface area contributed by atoms with Gasteiger partial charge in [0.2, 0.25) is 0 Å². The molecule has 27 heavy (non-hydrogen) atoms. The second-order valence-corrected chi connectivity index (χ2v) is 7.58. The van der Waals surface area contributed by atoms with Crippen molar-refractivity contribution in [3.05, 3.63) is 35.6 Å². The van der Waals surface area contributed by atoms with Gasteiger partial charge in [-0.3, -0.25) is 4.99 Å². The quantitative estimate of drug-likeness (QED) is 0.378. The van der Waals surface area contributed by atoms with Crippen LogP contribution in [-0.4, -0.2) is 51.5 Å². The summed E-state index contributed by atoms with van der Waals surface area (Å²) in [6.45, 7) is 5.88. The molecule has 2 heterocycles. The third kappa shape index (κ3) is 5.77. The van der Waals surface area contributed by atoms with Crippen LogP contribution in [0.25, 0.3) is 0 Å². The minimum atomic E-state index is -0.203. The molecule has 2 aliphatic rings. The number of hydrogen-bond acceptors (Lipinski definition) is 3. The number of hydrogen-bond donors (Lipinski definition) is 2. The summed E-state index contributed by atoms with van der Waals surface area (Å²) in [4.78, 5) is 4.35. The Morgan fingerprint density at radius 3 is 2.33 bits per heavy atom. The molecule has 2 saturated heterocycles. The molecule has 5 nitrogen and oxygen atoms in total. The first-order valence-corrected chi connectivity index (χ1v) is 9.48. The van der Waals surface area contributed by atoms with Gasteiger partial charge in [0.25, 0.3) is 0 Å². The fourth-order valence-electron chi connectivity index (χ4n) is 3.85. The number of ether oxygens (including phenoxy) is 2. The van der Waals surface area contributed by atoms with E-state index in [0.717, 1.165) is 70.1 Å². The molecule has 1 aromatic carbocycles. The number of rotatable bonds is 5. The molecule has 0 spiro atoms. The van der Waals surface area contributed by atoms with Gasteiger partial charge >= 0.3 is 0 Å².